The van der Waals surface area contributed by atoms with Crippen molar-refractivity contribution in [3.05, 3.63) is 23.8 Å². The third-order valence-electron chi connectivity index (χ3n) is 8.42. The van der Waals surface area contributed by atoms with Gasteiger partial charge in [0.15, 0.2) is 0 Å². The molecule has 0 radical (unpaired) electrons. The highest BCUT2D eigenvalue weighted by Gasteiger charge is 2.55. The van der Waals surface area contributed by atoms with Crippen LogP contribution in [-0.2, 0) is 0 Å². The van der Waals surface area contributed by atoms with Gasteiger partial charge < -0.3 is 5.11 Å². The Kier molecular flexibility index (Phi) is 3.39. The zero-order chi connectivity index (χ0) is 15.5. The Balaban J connectivity index is 1.68. The molecule has 122 valence electrons. The van der Waals surface area contributed by atoms with Crippen LogP contribution < -0.4 is 0 Å². The van der Waals surface area contributed by atoms with E-state index in [1.807, 2.05) is 0 Å². The molecule has 0 aromatic rings. The van der Waals surface area contributed by atoms with Crippen LogP contribution >= 0.6 is 0 Å². The smallest absolute Gasteiger partial charge is 0.0546 e. The average Bonchev–Trinajstić information content (AvgIpc) is 2.70. The van der Waals surface area contributed by atoms with E-state index in [2.05, 4.69) is 39.0 Å². The van der Waals surface area contributed by atoms with E-state index < -0.39 is 0 Å². The van der Waals surface area contributed by atoms with E-state index >= 15 is 0 Å². The molecule has 0 bridgehead atoms. The van der Waals surface area contributed by atoms with E-state index in [0.29, 0.717) is 16.7 Å². The van der Waals surface area contributed by atoms with Gasteiger partial charge in [-0.05, 0) is 86.4 Å². The Morgan fingerprint density at radius 1 is 1.09 bits per heavy atom. The van der Waals surface area contributed by atoms with Gasteiger partial charge in [-0.15, -0.1) is 0 Å². The molecule has 0 aromatic carbocycles. The van der Waals surface area contributed by atoms with Crippen molar-refractivity contribution in [3.8, 4) is 0 Å². The van der Waals surface area contributed by atoms with Gasteiger partial charge in [-0.25, -0.2) is 0 Å². The van der Waals surface area contributed by atoms with E-state index in [-0.39, 0.29) is 6.10 Å². The van der Waals surface area contributed by atoms with Crippen LogP contribution in [0.15, 0.2) is 23.8 Å². The summed E-state index contributed by atoms with van der Waals surface area (Å²) in [6.07, 6.45) is 16.0. The van der Waals surface area contributed by atoms with Crippen molar-refractivity contribution >= 4 is 0 Å². The van der Waals surface area contributed by atoms with Crippen LogP contribution in [0.5, 0.6) is 0 Å². The molecule has 7 atom stereocenters. The van der Waals surface area contributed by atoms with Gasteiger partial charge >= 0.3 is 0 Å². The van der Waals surface area contributed by atoms with Crippen LogP contribution in [-0.4, -0.2) is 11.2 Å². The number of aliphatic hydroxyl groups is 1. The summed E-state index contributed by atoms with van der Waals surface area (Å²) in [6, 6.07) is 0. The highest BCUT2D eigenvalue weighted by atomic mass is 16.3. The summed E-state index contributed by atoms with van der Waals surface area (Å²) in [4.78, 5) is 0. The third kappa shape index (κ3) is 1.94. The topological polar surface area (TPSA) is 20.2 Å². The molecule has 0 amide bonds. The summed E-state index contributed by atoms with van der Waals surface area (Å²) in [5, 5.41) is 10.1. The van der Waals surface area contributed by atoms with Gasteiger partial charge in [-0.3, -0.25) is 0 Å². The van der Waals surface area contributed by atoms with Gasteiger partial charge in [-0.2, -0.15) is 0 Å². The lowest BCUT2D eigenvalue weighted by atomic mass is 9.49. The fourth-order valence-electron chi connectivity index (χ4n) is 6.72. The van der Waals surface area contributed by atoms with Gasteiger partial charge in [0.25, 0.3) is 0 Å². The Hall–Kier alpha value is -0.560. The number of allylic oxidation sites excluding steroid dienone is 4. The van der Waals surface area contributed by atoms with E-state index in [4.69, 9.17) is 0 Å². The molecular weight excluding hydrogens is 268 g/mol. The Morgan fingerprint density at radius 3 is 2.73 bits per heavy atom. The maximum atomic E-state index is 10.1. The molecule has 22 heavy (non-hydrogen) atoms. The van der Waals surface area contributed by atoms with Gasteiger partial charge in [0.2, 0.25) is 0 Å². The van der Waals surface area contributed by atoms with Crippen LogP contribution in [0.4, 0.5) is 0 Å². The number of rotatable bonds is 0. The normalized spacial score (nSPS) is 54.0. The first kappa shape index (κ1) is 15.0. The number of aliphatic hydroxyl groups excluding tert-OH is 1. The summed E-state index contributed by atoms with van der Waals surface area (Å²) in [5.41, 5.74) is 2.55. The first-order valence-corrected chi connectivity index (χ1v) is 9.47. The second kappa shape index (κ2) is 4.97. The predicted molar refractivity (Wildman–Crippen MR) is 91.4 cm³/mol. The lowest BCUT2D eigenvalue weighted by molar-refractivity contribution is -0.0647. The SMILES string of the molecule is CC1=CCC2C3CC=CC4CC(O)CCC4(C)C3CCC12C. The van der Waals surface area contributed by atoms with Crippen molar-refractivity contribution < 1.29 is 5.11 Å². The molecule has 1 N–H and O–H groups in total. The molecule has 0 saturated heterocycles. The predicted octanol–water partition coefficient (Wildman–Crippen LogP) is 5.11. The standard InChI is InChI=1S/C21H32O/c1-14-7-8-18-17-6-4-5-15-13-16(22)9-11-21(15,3)19(17)10-12-20(14,18)2/h4-5,7,15-19,22H,6,8-13H2,1-3H3. The molecule has 1 heteroatoms. The zero-order valence-electron chi connectivity index (χ0n) is 14.5. The number of fused-ring (bicyclic) bond motifs is 5. The molecule has 1 nitrogen and oxygen atoms in total. The minimum atomic E-state index is -0.0662. The maximum Gasteiger partial charge on any atom is 0.0546 e. The van der Waals surface area contributed by atoms with Gasteiger partial charge in [-0.1, -0.05) is 37.6 Å². The summed E-state index contributed by atoms with van der Waals surface area (Å²) in [6.45, 7) is 7.45. The molecule has 2 saturated carbocycles. The third-order valence-corrected chi connectivity index (χ3v) is 8.42. The second-order valence-corrected chi connectivity index (χ2v) is 9.16. The molecule has 4 rings (SSSR count). The van der Waals surface area contributed by atoms with E-state index in [0.717, 1.165) is 30.6 Å². The Bertz CT molecular complexity index is 518. The monoisotopic (exact) mass is 300 g/mol. The van der Waals surface area contributed by atoms with Crippen molar-refractivity contribution in [2.45, 2.75) is 71.8 Å². The molecule has 0 aromatic heterocycles. The summed E-state index contributed by atoms with van der Waals surface area (Å²) in [5.74, 6) is 3.18. The number of hydrogen-bond acceptors (Lipinski definition) is 1. The maximum absolute atomic E-state index is 10.1. The molecule has 2 fully saturated rings. The zero-order valence-corrected chi connectivity index (χ0v) is 14.5. The van der Waals surface area contributed by atoms with E-state index in [1.165, 1.54) is 32.1 Å². The Labute approximate surface area is 135 Å². The van der Waals surface area contributed by atoms with Crippen molar-refractivity contribution in [1.82, 2.24) is 0 Å². The van der Waals surface area contributed by atoms with Gasteiger partial charge in [0.1, 0.15) is 0 Å². The number of hydrogen-bond donors (Lipinski definition) is 1. The van der Waals surface area contributed by atoms with E-state index in [1.54, 1.807) is 5.57 Å². The van der Waals surface area contributed by atoms with Crippen LogP contribution in [0, 0.1) is 34.5 Å². The second-order valence-electron chi connectivity index (χ2n) is 9.16. The molecular formula is C21H32O. The lowest BCUT2D eigenvalue weighted by Crippen LogP contribution is -2.49. The quantitative estimate of drug-likeness (QED) is 0.616. The molecule has 7 unspecified atom stereocenters. The molecule has 0 heterocycles. The largest absolute Gasteiger partial charge is 0.393 e. The fraction of sp³-hybridized carbons (Fsp3) is 0.810. The summed E-state index contributed by atoms with van der Waals surface area (Å²) < 4.78 is 0. The van der Waals surface area contributed by atoms with Gasteiger partial charge in [0.05, 0.1) is 6.10 Å². The first-order chi connectivity index (χ1) is 10.4. The summed E-state index contributed by atoms with van der Waals surface area (Å²) >= 11 is 0. The van der Waals surface area contributed by atoms with Crippen LogP contribution in [0.1, 0.15) is 65.7 Å². The van der Waals surface area contributed by atoms with Crippen LogP contribution in [0.2, 0.25) is 0 Å². The lowest BCUT2D eigenvalue weighted by Gasteiger charge is -2.55. The van der Waals surface area contributed by atoms with Crippen molar-refractivity contribution in [2.24, 2.45) is 34.5 Å². The summed E-state index contributed by atoms with van der Waals surface area (Å²) in [7, 11) is 0. The van der Waals surface area contributed by atoms with Crippen LogP contribution in [0.25, 0.3) is 0 Å². The highest BCUT2D eigenvalue weighted by molar-refractivity contribution is 5.24. The van der Waals surface area contributed by atoms with Crippen molar-refractivity contribution in [3.63, 3.8) is 0 Å². The van der Waals surface area contributed by atoms with Crippen molar-refractivity contribution in [1.29, 1.82) is 0 Å². The highest BCUT2D eigenvalue weighted by Crippen LogP contribution is 2.64. The van der Waals surface area contributed by atoms with Crippen molar-refractivity contribution in [2.75, 3.05) is 0 Å². The molecule has 0 spiro atoms. The van der Waals surface area contributed by atoms with Gasteiger partial charge in [0, 0.05) is 0 Å². The van der Waals surface area contributed by atoms with Crippen LogP contribution in [0.3, 0.4) is 0 Å². The minimum Gasteiger partial charge on any atom is -0.393 e. The average molecular weight is 300 g/mol. The Morgan fingerprint density at radius 2 is 1.91 bits per heavy atom. The first-order valence-electron chi connectivity index (χ1n) is 9.47. The van der Waals surface area contributed by atoms with E-state index in [9.17, 15) is 5.11 Å². The molecule has 4 aliphatic carbocycles. The minimum absolute atomic E-state index is 0.0662. The fourth-order valence-corrected chi connectivity index (χ4v) is 6.72. The molecule has 0 aliphatic heterocycles. The molecule has 4 aliphatic rings.